The number of nitrogens with two attached hydrogens (primary N) is 1. The number of rotatable bonds is 5. The fraction of sp³-hybridized carbons (Fsp3) is 0.667. The maximum atomic E-state index is 11.6. The zero-order valence-electron chi connectivity index (χ0n) is 13.4. The van der Waals surface area contributed by atoms with Crippen molar-refractivity contribution in [2.75, 3.05) is 30.4 Å². The van der Waals surface area contributed by atoms with Crippen LogP contribution in [0, 0.1) is 12.3 Å². The lowest BCUT2D eigenvalue weighted by atomic mass is 9.89. The third-order valence-electron chi connectivity index (χ3n) is 4.24. The van der Waals surface area contributed by atoms with Gasteiger partial charge in [0.05, 0.1) is 5.41 Å². The first-order valence-electron chi connectivity index (χ1n) is 7.51. The monoisotopic (exact) mass is 291 g/mol. The summed E-state index contributed by atoms with van der Waals surface area (Å²) in [6.45, 7) is 7.47. The Balaban J connectivity index is 2.35. The van der Waals surface area contributed by atoms with Crippen molar-refractivity contribution in [3.63, 3.8) is 0 Å². The van der Waals surface area contributed by atoms with Crippen LogP contribution in [0.25, 0.3) is 0 Å². The molecule has 1 aromatic rings. The Morgan fingerprint density at radius 2 is 2.19 bits per heavy atom. The van der Waals surface area contributed by atoms with Gasteiger partial charge in [-0.1, -0.05) is 6.92 Å². The van der Waals surface area contributed by atoms with E-state index in [9.17, 15) is 4.79 Å². The SMILES string of the molecule is CCCc1nc(NC)c(C)c(N2CCC(C)(C(N)=O)C2)n1. The first-order valence-corrected chi connectivity index (χ1v) is 7.51. The van der Waals surface area contributed by atoms with Gasteiger partial charge in [0.15, 0.2) is 0 Å². The molecule has 2 heterocycles. The van der Waals surface area contributed by atoms with E-state index in [1.807, 2.05) is 20.9 Å². The van der Waals surface area contributed by atoms with Crippen LogP contribution in [0.1, 0.15) is 38.1 Å². The Labute approximate surface area is 126 Å². The Morgan fingerprint density at radius 3 is 2.71 bits per heavy atom. The Hall–Kier alpha value is -1.85. The molecule has 1 atom stereocenters. The summed E-state index contributed by atoms with van der Waals surface area (Å²) in [5.41, 5.74) is 6.08. The van der Waals surface area contributed by atoms with Crippen molar-refractivity contribution in [3.8, 4) is 0 Å². The van der Waals surface area contributed by atoms with Gasteiger partial charge in [0, 0.05) is 32.1 Å². The Bertz CT molecular complexity index is 545. The third kappa shape index (κ3) is 2.94. The van der Waals surface area contributed by atoms with Gasteiger partial charge in [0.1, 0.15) is 17.5 Å². The Kier molecular flexibility index (Phi) is 4.34. The second kappa shape index (κ2) is 5.87. The molecular weight excluding hydrogens is 266 g/mol. The van der Waals surface area contributed by atoms with Crippen LogP contribution in [0.5, 0.6) is 0 Å². The average Bonchev–Trinajstić information content (AvgIpc) is 2.84. The second-order valence-electron chi connectivity index (χ2n) is 6.03. The van der Waals surface area contributed by atoms with Gasteiger partial charge in [0.25, 0.3) is 0 Å². The zero-order chi connectivity index (χ0) is 15.6. The molecule has 116 valence electrons. The predicted octanol–water partition coefficient (Wildman–Crippen LogP) is 1.48. The first-order chi connectivity index (χ1) is 9.91. The minimum absolute atomic E-state index is 0.237. The van der Waals surface area contributed by atoms with Crippen molar-refractivity contribution in [2.45, 2.75) is 40.0 Å². The molecule has 21 heavy (non-hydrogen) atoms. The van der Waals surface area contributed by atoms with Crippen molar-refractivity contribution < 1.29 is 4.79 Å². The van der Waals surface area contributed by atoms with Crippen LogP contribution < -0.4 is 16.0 Å². The highest BCUT2D eigenvalue weighted by Gasteiger charge is 2.40. The molecule has 0 bridgehead atoms. The molecule has 0 aliphatic carbocycles. The van der Waals surface area contributed by atoms with Crippen molar-refractivity contribution in [3.05, 3.63) is 11.4 Å². The highest BCUT2D eigenvalue weighted by molar-refractivity contribution is 5.82. The predicted molar refractivity (Wildman–Crippen MR) is 84.4 cm³/mol. The molecule has 6 nitrogen and oxygen atoms in total. The zero-order valence-corrected chi connectivity index (χ0v) is 13.4. The fourth-order valence-corrected chi connectivity index (χ4v) is 2.78. The Morgan fingerprint density at radius 1 is 1.48 bits per heavy atom. The van der Waals surface area contributed by atoms with Crippen LogP contribution in [-0.2, 0) is 11.2 Å². The van der Waals surface area contributed by atoms with Gasteiger partial charge < -0.3 is 16.0 Å². The van der Waals surface area contributed by atoms with E-state index < -0.39 is 5.41 Å². The number of hydrogen-bond donors (Lipinski definition) is 2. The van der Waals surface area contributed by atoms with Crippen molar-refractivity contribution >= 4 is 17.5 Å². The molecular formula is C15H25N5O. The molecule has 3 N–H and O–H groups in total. The van der Waals surface area contributed by atoms with Gasteiger partial charge in [0.2, 0.25) is 5.91 Å². The number of carbonyl (C=O) groups is 1. The van der Waals surface area contributed by atoms with E-state index in [4.69, 9.17) is 10.7 Å². The molecule has 0 aromatic carbocycles. The summed E-state index contributed by atoms with van der Waals surface area (Å²) in [5, 5.41) is 3.13. The first kappa shape index (κ1) is 15.5. The largest absolute Gasteiger partial charge is 0.373 e. The minimum Gasteiger partial charge on any atom is -0.373 e. The van der Waals surface area contributed by atoms with Crippen LogP contribution in [0.4, 0.5) is 11.6 Å². The number of amides is 1. The van der Waals surface area contributed by atoms with E-state index in [1.54, 1.807) is 0 Å². The van der Waals surface area contributed by atoms with Crippen molar-refractivity contribution in [1.82, 2.24) is 9.97 Å². The summed E-state index contributed by atoms with van der Waals surface area (Å²) in [6.07, 6.45) is 2.62. The lowest BCUT2D eigenvalue weighted by molar-refractivity contribution is -0.125. The van der Waals surface area contributed by atoms with Crippen LogP contribution in [0.15, 0.2) is 0 Å². The third-order valence-corrected chi connectivity index (χ3v) is 4.24. The van der Waals surface area contributed by atoms with E-state index >= 15 is 0 Å². The number of aromatic nitrogens is 2. The summed E-state index contributed by atoms with van der Waals surface area (Å²) in [6, 6.07) is 0. The van der Waals surface area contributed by atoms with Crippen LogP contribution in [0.2, 0.25) is 0 Å². The van der Waals surface area contributed by atoms with E-state index in [1.165, 1.54) is 0 Å². The maximum absolute atomic E-state index is 11.6. The molecule has 1 amide bonds. The highest BCUT2D eigenvalue weighted by Crippen LogP contribution is 2.34. The van der Waals surface area contributed by atoms with E-state index in [0.29, 0.717) is 6.54 Å². The average molecular weight is 291 g/mol. The van der Waals surface area contributed by atoms with Crippen molar-refractivity contribution in [1.29, 1.82) is 0 Å². The molecule has 0 saturated carbocycles. The quantitative estimate of drug-likeness (QED) is 0.858. The summed E-state index contributed by atoms with van der Waals surface area (Å²) in [5.74, 6) is 2.38. The van der Waals surface area contributed by atoms with Gasteiger partial charge >= 0.3 is 0 Å². The molecule has 1 saturated heterocycles. The van der Waals surface area contributed by atoms with Crippen LogP contribution >= 0.6 is 0 Å². The standard InChI is InChI=1S/C15H25N5O/c1-5-6-11-18-12(17-4)10(2)13(19-11)20-8-7-15(3,9-20)14(16)21/h5-9H2,1-4H3,(H2,16,21)(H,17,18,19). The summed E-state index contributed by atoms with van der Waals surface area (Å²) < 4.78 is 0. The van der Waals surface area contributed by atoms with Gasteiger partial charge in [-0.05, 0) is 26.7 Å². The number of anilines is 2. The molecule has 1 aliphatic heterocycles. The molecule has 1 aliphatic rings. The molecule has 1 aromatic heterocycles. The molecule has 2 rings (SSSR count). The van der Waals surface area contributed by atoms with Gasteiger partial charge in [-0.25, -0.2) is 9.97 Å². The normalized spacial score (nSPS) is 21.6. The number of hydrogen-bond acceptors (Lipinski definition) is 5. The number of nitrogens with one attached hydrogen (secondary N) is 1. The highest BCUT2D eigenvalue weighted by atomic mass is 16.1. The molecule has 0 radical (unpaired) electrons. The van der Waals surface area contributed by atoms with Gasteiger partial charge in [-0.2, -0.15) is 0 Å². The molecule has 1 fully saturated rings. The second-order valence-corrected chi connectivity index (χ2v) is 6.03. The van der Waals surface area contributed by atoms with Gasteiger partial charge in [-0.3, -0.25) is 4.79 Å². The smallest absolute Gasteiger partial charge is 0.225 e. The fourth-order valence-electron chi connectivity index (χ4n) is 2.78. The van der Waals surface area contributed by atoms with Gasteiger partial charge in [-0.15, -0.1) is 0 Å². The number of primary amides is 1. The lowest BCUT2D eigenvalue weighted by Gasteiger charge is -2.24. The number of aryl methyl sites for hydroxylation is 1. The molecule has 0 spiro atoms. The number of nitrogens with zero attached hydrogens (tertiary/aromatic N) is 3. The van der Waals surface area contributed by atoms with Crippen LogP contribution in [-0.4, -0.2) is 36.0 Å². The topological polar surface area (TPSA) is 84.1 Å². The number of carbonyl (C=O) groups excluding carboxylic acids is 1. The van der Waals surface area contributed by atoms with E-state index in [2.05, 4.69) is 22.1 Å². The van der Waals surface area contributed by atoms with Crippen LogP contribution in [0.3, 0.4) is 0 Å². The summed E-state index contributed by atoms with van der Waals surface area (Å²) in [4.78, 5) is 23.0. The summed E-state index contributed by atoms with van der Waals surface area (Å²) >= 11 is 0. The minimum atomic E-state index is -0.470. The lowest BCUT2D eigenvalue weighted by Crippen LogP contribution is -2.37. The molecule has 6 heteroatoms. The van der Waals surface area contributed by atoms with Crippen molar-refractivity contribution in [2.24, 2.45) is 11.1 Å². The summed E-state index contributed by atoms with van der Waals surface area (Å²) in [7, 11) is 1.87. The maximum Gasteiger partial charge on any atom is 0.225 e. The van der Waals surface area contributed by atoms with E-state index in [-0.39, 0.29) is 5.91 Å². The van der Waals surface area contributed by atoms with E-state index in [0.717, 1.165) is 48.8 Å². The molecule has 1 unspecified atom stereocenters.